The van der Waals surface area contributed by atoms with Crippen molar-refractivity contribution in [3.63, 3.8) is 0 Å². The molecule has 0 unspecified atom stereocenters. The monoisotopic (exact) mass is 269 g/mol. The maximum atomic E-state index is 11.2. The Morgan fingerprint density at radius 2 is 1.70 bits per heavy atom. The zero-order valence-electron chi connectivity index (χ0n) is 12.0. The third-order valence-corrected chi connectivity index (χ3v) is 3.58. The molecule has 0 bridgehead atoms. The molecule has 0 aliphatic carbocycles. The van der Waals surface area contributed by atoms with E-state index in [-0.39, 0.29) is 0 Å². The van der Waals surface area contributed by atoms with Crippen LogP contribution in [0.5, 0.6) is 0 Å². The number of hydrogen-bond donors (Lipinski definition) is 2. The lowest BCUT2D eigenvalue weighted by molar-refractivity contribution is 0.0698. The van der Waals surface area contributed by atoms with E-state index in [4.69, 9.17) is 5.11 Å². The van der Waals surface area contributed by atoms with Crippen molar-refractivity contribution in [1.82, 2.24) is 0 Å². The molecule has 0 heterocycles. The minimum atomic E-state index is -0.912. The van der Waals surface area contributed by atoms with Gasteiger partial charge < -0.3 is 10.4 Å². The summed E-state index contributed by atoms with van der Waals surface area (Å²) in [7, 11) is 0. The predicted octanol–water partition coefficient (Wildman–Crippen LogP) is 3.92. The Kier molecular flexibility index (Phi) is 4.08. The van der Waals surface area contributed by atoms with Gasteiger partial charge in [0.05, 0.1) is 5.56 Å². The second kappa shape index (κ2) is 5.78. The van der Waals surface area contributed by atoms with E-state index in [1.807, 2.05) is 6.07 Å². The molecule has 2 aromatic carbocycles. The molecule has 0 radical (unpaired) electrons. The molecule has 0 amide bonds. The van der Waals surface area contributed by atoms with Gasteiger partial charge in [0.25, 0.3) is 0 Å². The van der Waals surface area contributed by atoms with Crippen molar-refractivity contribution < 1.29 is 9.90 Å². The molecule has 3 nitrogen and oxygen atoms in total. The Balaban J connectivity index is 2.21. The van der Waals surface area contributed by atoms with E-state index >= 15 is 0 Å². The first-order chi connectivity index (χ1) is 9.49. The molecule has 0 aliphatic rings. The molecule has 0 aromatic heterocycles. The van der Waals surface area contributed by atoms with Crippen LogP contribution in [0.3, 0.4) is 0 Å². The third-order valence-electron chi connectivity index (χ3n) is 3.58. The summed E-state index contributed by atoms with van der Waals surface area (Å²) in [4.78, 5) is 11.2. The lowest BCUT2D eigenvalue weighted by Crippen LogP contribution is -2.07. The molecule has 0 atom stereocenters. The lowest BCUT2D eigenvalue weighted by atomic mass is 10.0. The molecule has 0 saturated carbocycles. The molecule has 0 saturated heterocycles. The van der Waals surface area contributed by atoms with Gasteiger partial charge in [0.2, 0.25) is 0 Å². The van der Waals surface area contributed by atoms with Gasteiger partial charge in [-0.05, 0) is 55.2 Å². The smallest absolute Gasteiger partial charge is 0.337 e. The molecular formula is C17H19NO2. The van der Waals surface area contributed by atoms with Crippen molar-refractivity contribution in [2.75, 3.05) is 5.32 Å². The number of benzene rings is 2. The van der Waals surface area contributed by atoms with Crippen LogP contribution < -0.4 is 5.32 Å². The number of para-hydroxylation sites is 1. The van der Waals surface area contributed by atoms with E-state index in [0.29, 0.717) is 17.8 Å². The number of anilines is 1. The van der Waals surface area contributed by atoms with Gasteiger partial charge in [-0.25, -0.2) is 4.79 Å². The zero-order valence-corrected chi connectivity index (χ0v) is 12.0. The number of carboxylic acid groups (broad SMARTS) is 1. The van der Waals surface area contributed by atoms with Crippen LogP contribution in [-0.2, 0) is 6.54 Å². The van der Waals surface area contributed by atoms with E-state index in [0.717, 1.165) is 0 Å². The minimum absolute atomic E-state index is 0.300. The molecule has 2 aromatic rings. The van der Waals surface area contributed by atoms with E-state index in [1.54, 1.807) is 18.2 Å². The molecule has 0 aliphatic heterocycles. The fraction of sp³-hybridized carbons (Fsp3) is 0.235. The van der Waals surface area contributed by atoms with Gasteiger partial charge in [0, 0.05) is 12.2 Å². The van der Waals surface area contributed by atoms with Crippen LogP contribution >= 0.6 is 0 Å². The summed E-state index contributed by atoms with van der Waals surface area (Å²) in [6, 6.07) is 11.3. The SMILES string of the molecule is Cc1cc(C)c(CNc2ccccc2C(=O)O)cc1C. The van der Waals surface area contributed by atoms with Crippen LogP contribution in [0.25, 0.3) is 0 Å². The second-order valence-corrected chi connectivity index (χ2v) is 5.07. The van der Waals surface area contributed by atoms with Crippen molar-refractivity contribution >= 4 is 11.7 Å². The van der Waals surface area contributed by atoms with Crippen LogP contribution in [0.2, 0.25) is 0 Å². The number of rotatable bonds is 4. The summed E-state index contributed by atoms with van der Waals surface area (Å²) in [5.74, 6) is -0.912. The van der Waals surface area contributed by atoms with Crippen LogP contribution in [-0.4, -0.2) is 11.1 Å². The van der Waals surface area contributed by atoms with Crippen LogP contribution in [0.4, 0.5) is 5.69 Å². The van der Waals surface area contributed by atoms with Crippen molar-refractivity contribution in [3.05, 3.63) is 64.2 Å². The summed E-state index contributed by atoms with van der Waals surface area (Å²) in [5, 5.41) is 12.4. The number of hydrogen-bond acceptors (Lipinski definition) is 2. The Hall–Kier alpha value is -2.29. The third kappa shape index (κ3) is 2.99. The first kappa shape index (κ1) is 14.1. The van der Waals surface area contributed by atoms with Gasteiger partial charge in [-0.3, -0.25) is 0 Å². The second-order valence-electron chi connectivity index (χ2n) is 5.07. The number of nitrogens with one attached hydrogen (secondary N) is 1. The summed E-state index contributed by atoms with van der Waals surface area (Å²) in [5.41, 5.74) is 5.88. The number of carboxylic acids is 1. The number of aromatic carboxylic acids is 1. The first-order valence-electron chi connectivity index (χ1n) is 6.62. The highest BCUT2D eigenvalue weighted by Gasteiger charge is 2.09. The zero-order chi connectivity index (χ0) is 14.7. The number of aryl methyl sites for hydroxylation is 3. The van der Waals surface area contributed by atoms with Gasteiger partial charge in [-0.1, -0.05) is 24.3 Å². The summed E-state index contributed by atoms with van der Waals surface area (Å²) < 4.78 is 0. The summed E-state index contributed by atoms with van der Waals surface area (Å²) in [6.45, 7) is 6.88. The Morgan fingerprint density at radius 1 is 1.05 bits per heavy atom. The standard InChI is InChI=1S/C17H19NO2/c1-11-8-13(3)14(9-12(11)2)10-18-16-7-5-4-6-15(16)17(19)20/h4-9,18H,10H2,1-3H3,(H,19,20). The van der Waals surface area contributed by atoms with Gasteiger partial charge in [-0.2, -0.15) is 0 Å². The first-order valence-corrected chi connectivity index (χ1v) is 6.62. The lowest BCUT2D eigenvalue weighted by Gasteiger charge is -2.13. The minimum Gasteiger partial charge on any atom is -0.478 e. The molecule has 2 rings (SSSR count). The molecule has 104 valence electrons. The van der Waals surface area contributed by atoms with E-state index in [1.165, 1.54) is 22.3 Å². The van der Waals surface area contributed by atoms with Crippen LogP contribution in [0, 0.1) is 20.8 Å². The average Bonchev–Trinajstić information content (AvgIpc) is 2.41. The van der Waals surface area contributed by atoms with Gasteiger partial charge in [0.15, 0.2) is 0 Å². The van der Waals surface area contributed by atoms with Gasteiger partial charge >= 0.3 is 5.97 Å². The van der Waals surface area contributed by atoms with Gasteiger partial charge in [0.1, 0.15) is 0 Å². The van der Waals surface area contributed by atoms with Crippen molar-refractivity contribution in [1.29, 1.82) is 0 Å². The fourth-order valence-corrected chi connectivity index (χ4v) is 2.22. The van der Waals surface area contributed by atoms with Crippen molar-refractivity contribution in [2.24, 2.45) is 0 Å². The topological polar surface area (TPSA) is 49.3 Å². The summed E-state index contributed by atoms with van der Waals surface area (Å²) in [6.07, 6.45) is 0. The molecule has 0 spiro atoms. The van der Waals surface area contributed by atoms with E-state index < -0.39 is 5.97 Å². The highest BCUT2D eigenvalue weighted by molar-refractivity contribution is 5.94. The van der Waals surface area contributed by atoms with Crippen molar-refractivity contribution in [2.45, 2.75) is 27.3 Å². The molecule has 3 heteroatoms. The van der Waals surface area contributed by atoms with Crippen molar-refractivity contribution in [3.8, 4) is 0 Å². The predicted molar refractivity (Wildman–Crippen MR) is 81.4 cm³/mol. The Morgan fingerprint density at radius 3 is 2.40 bits per heavy atom. The highest BCUT2D eigenvalue weighted by Crippen LogP contribution is 2.19. The average molecular weight is 269 g/mol. The molecule has 0 fully saturated rings. The highest BCUT2D eigenvalue weighted by atomic mass is 16.4. The normalized spacial score (nSPS) is 10.3. The maximum absolute atomic E-state index is 11.2. The van der Waals surface area contributed by atoms with E-state index in [9.17, 15) is 4.79 Å². The largest absolute Gasteiger partial charge is 0.478 e. The van der Waals surface area contributed by atoms with Gasteiger partial charge in [-0.15, -0.1) is 0 Å². The van der Waals surface area contributed by atoms with Crippen LogP contribution in [0.1, 0.15) is 32.6 Å². The summed E-state index contributed by atoms with van der Waals surface area (Å²) >= 11 is 0. The maximum Gasteiger partial charge on any atom is 0.337 e. The fourth-order valence-electron chi connectivity index (χ4n) is 2.22. The van der Waals surface area contributed by atoms with Crippen LogP contribution in [0.15, 0.2) is 36.4 Å². The number of carbonyl (C=O) groups is 1. The molecule has 20 heavy (non-hydrogen) atoms. The Bertz CT molecular complexity index is 647. The quantitative estimate of drug-likeness (QED) is 0.884. The Labute approximate surface area is 119 Å². The van der Waals surface area contributed by atoms with E-state index in [2.05, 4.69) is 38.2 Å². The molecular weight excluding hydrogens is 250 g/mol. The molecule has 2 N–H and O–H groups in total.